The zero-order valence-corrected chi connectivity index (χ0v) is 15.0. The Hall–Kier alpha value is -1.37. The van der Waals surface area contributed by atoms with Crippen LogP contribution in [0.5, 0.6) is 0 Å². The molecule has 0 unspecified atom stereocenters. The lowest BCUT2D eigenvalue weighted by Gasteiger charge is -2.25. The number of aromatic nitrogens is 3. The lowest BCUT2D eigenvalue weighted by atomic mass is 10.1. The van der Waals surface area contributed by atoms with Gasteiger partial charge in [0, 0.05) is 43.1 Å². The van der Waals surface area contributed by atoms with Crippen molar-refractivity contribution in [3.63, 3.8) is 0 Å². The fraction of sp³-hybridized carbons (Fsp3) is 0.588. The van der Waals surface area contributed by atoms with Gasteiger partial charge in [0.15, 0.2) is 0 Å². The highest BCUT2D eigenvalue weighted by Gasteiger charge is 2.28. The van der Waals surface area contributed by atoms with Crippen molar-refractivity contribution in [3.8, 4) is 0 Å². The van der Waals surface area contributed by atoms with E-state index in [1.807, 2.05) is 11.7 Å². The smallest absolute Gasteiger partial charge is 0.0798 e. The topological polar surface area (TPSA) is 45.2 Å². The number of likely N-dealkylation sites (tertiary alicyclic amines) is 1. The summed E-state index contributed by atoms with van der Waals surface area (Å²) in [7, 11) is 2.22. The molecule has 1 aliphatic heterocycles. The van der Waals surface area contributed by atoms with Crippen LogP contribution in [0.1, 0.15) is 35.7 Å². The highest BCUT2D eigenvalue weighted by molar-refractivity contribution is 7.09. The Morgan fingerprint density at radius 1 is 1.39 bits per heavy atom. The average Bonchev–Trinajstić information content (AvgIpc) is 3.17. The molecule has 0 bridgehead atoms. The predicted octanol–water partition coefficient (Wildman–Crippen LogP) is 2.76. The number of hydrogen-bond donors (Lipinski definition) is 0. The molecular weight excluding hydrogens is 306 g/mol. The first-order chi connectivity index (χ1) is 11.1. The van der Waals surface area contributed by atoms with Gasteiger partial charge in [-0.15, -0.1) is 11.3 Å². The number of rotatable bonds is 6. The number of thiazole rings is 1. The van der Waals surface area contributed by atoms with E-state index in [1.54, 1.807) is 23.7 Å². The molecule has 1 fully saturated rings. The van der Waals surface area contributed by atoms with Gasteiger partial charge in [0.25, 0.3) is 0 Å². The van der Waals surface area contributed by atoms with Crippen LogP contribution < -0.4 is 0 Å². The summed E-state index contributed by atoms with van der Waals surface area (Å²) in [4.78, 5) is 19.3. The Morgan fingerprint density at radius 3 is 2.96 bits per heavy atom. The van der Waals surface area contributed by atoms with Crippen molar-refractivity contribution in [2.24, 2.45) is 5.92 Å². The minimum Gasteiger partial charge on any atom is -0.301 e. The Kier molecular flexibility index (Phi) is 5.35. The van der Waals surface area contributed by atoms with Gasteiger partial charge < -0.3 is 4.90 Å². The van der Waals surface area contributed by atoms with Crippen LogP contribution >= 0.6 is 11.3 Å². The van der Waals surface area contributed by atoms with E-state index < -0.39 is 0 Å². The maximum atomic E-state index is 4.45. The molecule has 0 saturated carbocycles. The van der Waals surface area contributed by atoms with Crippen molar-refractivity contribution >= 4 is 11.3 Å². The second-order valence-corrected chi connectivity index (χ2v) is 7.45. The number of hydrogen-bond acceptors (Lipinski definition) is 6. The number of nitrogens with zero attached hydrogens (tertiary/aromatic N) is 5. The van der Waals surface area contributed by atoms with E-state index in [2.05, 4.69) is 45.6 Å². The summed E-state index contributed by atoms with van der Waals surface area (Å²) in [5, 5.41) is 0. The third-order valence-electron chi connectivity index (χ3n) is 4.70. The van der Waals surface area contributed by atoms with Gasteiger partial charge in [0.2, 0.25) is 0 Å². The van der Waals surface area contributed by atoms with Crippen molar-refractivity contribution in [1.29, 1.82) is 0 Å². The Labute approximate surface area is 142 Å². The minimum absolute atomic E-state index is 0.350. The van der Waals surface area contributed by atoms with E-state index >= 15 is 0 Å². The summed E-state index contributed by atoms with van der Waals surface area (Å²) in [6.07, 6.45) is 6.66. The van der Waals surface area contributed by atoms with Crippen LogP contribution in [0, 0.1) is 12.8 Å². The SMILES string of the molecule is Cc1ncsc1CN(C)C[C@H]1CCN([C@H](C)c2cnccn2)C1. The molecule has 2 aromatic heterocycles. The van der Waals surface area contributed by atoms with Crippen LogP contribution in [0.25, 0.3) is 0 Å². The summed E-state index contributed by atoms with van der Waals surface area (Å²) >= 11 is 1.76. The third kappa shape index (κ3) is 4.13. The van der Waals surface area contributed by atoms with E-state index in [0.29, 0.717) is 6.04 Å². The molecule has 0 aromatic carbocycles. The molecule has 1 aliphatic rings. The standard InChI is InChI=1S/C17H25N5S/c1-13-17(23-12-20-13)11-21(3)9-15-4-7-22(10-15)14(2)16-8-18-5-6-19-16/h5-6,8,12,14-15H,4,7,9-11H2,1-3H3/t14-,15-/m1/s1. The van der Waals surface area contributed by atoms with Crippen molar-refractivity contribution in [1.82, 2.24) is 24.8 Å². The predicted molar refractivity (Wildman–Crippen MR) is 93.3 cm³/mol. The van der Waals surface area contributed by atoms with Crippen molar-refractivity contribution in [3.05, 3.63) is 40.4 Å². The zero-order chi connectivity index (χ0) is 16.2. The van der Waals surface area contributed by atoms with Crippen LogP contribution in [-0.2, 0) is 6.54 Å². The molecule has 2 atom stereocenters. The first-order valence-electron chi connectivity index (χ1n) is 8.21. The summed E-state index contributed by atoms with van der Waals surface area (Å²) in [5.41, 5.74) is 4.19. The first-order valence-corrected chi connectivity index (χ1v) is 9.09. The van der Waals surface area contributed by atoms with E-state index in [0.717, 1.165) is 37.8 Å². The minimum atomic E-state index is 0.350. The Morgan fingerprint density at radius 2 is 2.26 bits per heavy atom. The zero-order valence-electron chi connectivity index (χ0n) is 14.1. The summed E-state index contributed by atoms with van der Waals surface area (Å²) in [6.45, 7) is 8.77. The van der Waals surface area contributed by atoms with Gasteiger partial charge in [0.05, 0.1) is 22.9 Å². The maximum Gasteiger partial charge on any atom is 0.0798 e. The van der Waals surface area contributed by atoms with Crippen LogP contribution in [0.3, 0.4) is 0 Å². The highest BCUT2D eigenvalue weighted by Crippen LogP contribution is 2.26. The quantitative estimate of drug-likeness (QED) is 0.814. The lowest BCUT2D eigenvalue weighted by Crippen LogP contribution is -2.29. The Balaban J connectivity index is 1.51. The normalized spacial score (nSPS) is 20.3. The molecule has 2 aromatic rings. The molecule has 124 valence electrons. The molecule has 0 amide bonds. The summed E-state index contributed by atoms with van der Waals surface area (Å²) < 4.78 is 0. The van der Waals surface area contributed by atoms with Gasteiger partial charge in [0.1, 0.15) is 0 Å². The molecule has 3 rings (SSSR count). The van der Waals surface area contributed by atoms with Crippen molar-refractivity contribution in [2.45, 2.75) is 32.9 Å². The average molecular weight is 331 g/mol. The maximum absolute atomic E-state index is 4.45. The molecule has 0 spiro atoms. The van der Waals surface area contributed by atoms with Gasteiger partial charge in [-0.1, -0.05) is 0 Å². The first kappa shape index (κ1) is 16.5. The van der Waals surface area contributed by atoms with Crippen molar-refractivity contribution in [2.75, 3.05) is 26.7 Å². The van der Waals surface area contributed by atoms with Crippen LogP contribution in [-0.4, -0.2) is 51.4 Å². The van der Waals surface area contributed by atoms with Crippen molar-refractivity contribution < 1.29 is 0 Å². The molecule has 0 N–H and O–H groups in total. The van der Waals surface area contributed by atoms with E-state index in [1.165, 1.54) is 17.0 Å². The summed E-state index contributed by atoms with van der Waals surface area (Å²) in [6, 6.07) is 0.350. The van der Waals surface area contributed by atoms with E-state index in [-0.39, 0.29) is 0 Å². The molecule has 3 heterocycles. The largest absolute Gasteiger partial charge is 0.301 e. The van der Waals surface area contributed by atoms with Gasteiger partial charge >= 0.3 is 0 Å². The molecule has 5 nitrogen and oxygen atoms in total. The highest BCUT2D eigenvalue weighted by atomic mass is 32.1. The fourth-order valence-electron chi connectivity index (χ4n) is 3.31. The van der Waals surface area contributed by atoms with Crippen LogP contribution in [0.2, 0.25) is 0 Å². The molecule has 1 saturated heterocycles. The molecule has 0 radical (unpaired) electrons. The van der Waals surface area contributed by atoms with Gasteiger partial charge in [-0.05, 0) is 39.8 Å². The van der Waals surface area contributed by atoms with Crippen LogP contribution in [0.4, 0.5) is 0 Å². The van der Waals surface area contributed by atoms with E-state index in [4.69, 9.17) is 0 Å². The third-order valence-corrected chi connectivity index (χ3v) is 5.62. The monoisotopic (exact) mass is 331 g/mol. The molecule has 6 heteroatoms. The molecule has 0 aliphatic carbocycles. The number of aryl methyl sites for hydroxylation is 1. The molecular formula is C17H25N5S. The summed E-state index contributed by atoms with van der Waals surface area (Å²) in [5.74, 6) is 0.729. The lowest BCUT2D eigenvalue weighted by molar-refractivity contribution is 0.225. The van der Waals surface area contributed by atoms with Gasteiger partial charge in [-0.3, -0.25) is 14.9 Å². The van der Waals surface area contributed by atoms with E-state index in [9.17, 15) is 0 Å². The Bertz CT molecular complexity index is 614. The second-order valence-electron chi connectivity index (χ2n) is 6.51. The van der Waals surface area contributed by atoms with Gasteiger partial charge in [-0.25, -0.2) is 4.98 Å². The molecule has 23 heavy (non-hydrogen) atoms. The fourth-order valence-corrected chi connectivity index (χ4v) is 4.16. The second kappa shape index (κ2) is 7.47. The van der Waals surface area contributed by atoms with Crippen LogP contribution in [0.15, 0.2) is 24.1 Å². The van der Waals surface area contributed by atoms with Gasteiger partial charge in [-0.2, -0.15) is 0 Å².